The first-order chi connectivity index (χ1) is 25.7. The average Bonchev–Trinajstić information content (AvgIpc) is 3.83. The van der Waals surface area contributed by atoms with Crippen molar-refractivity contribution in [2.24, 2.45) is 0 Å². The van der Waals surface area contributed by atoms with E-state index in [0.717, 1.165) is 5.69 Å². The van der Waals surface area contributed by atoms with E-state index in [-0.39, 0.29) is 0 Å². The third-order valence-corrected chi connectivity index (χ3v) is 11.7. The second kappa shape index (κ2) is 12.1. The van der Waals surface area contributed by atoms with Crippen LogP contribution in [0, 0.1) is 6.92 Å². The van der Waals surface area contributed by atoms with Crippen LogP contribution in [0.15, 0.2) is 176 Å². The SMILES string of the molecule is C=C/C=C\c1sc2ccc(-c3ccc(-n4c5ccccc5c5ccc(-c6ccc7c(c6)c6ccccc6n7-c6ccccc6)cc54)cc3)cc2c1C. The van der Waals surface area contributed by atoms with Crippen LogP contribution in [0.3, 0.4) is 0 Å². The van der Waals surface area contributed by atoms with Crippen LogP contribution in [0.1, 0.15) is 10.4 Å². The van der Waals surface area contributed by atoms with Crippen LogP contribution in [-0.2, 0) is 0 Å². The van der Waals surface area contributed by atoms with E-state index in [1.807, 2.05) is 23.5 Å². The lowest BCUT2D eigenvalue weighted by Gasteiger charge is -2.11. The van der Waals surface area contributed by atoms with Crippen molar-refractivity contribution in [3.05, 3.63) is 187 Å². The monoisotopic (exact) mass is 682 g/mol. The molecular weight excluding hydrogens is 649 g/mol. The Balaban J connectivity index is 1.09. The number of hydrogen-bond donors (Lipinski definition) is 0. The molecule has 10 rings (SSSR count). The smallest absolute Gasteiger partial charge is 0.0547 e. The van der Waals surface area contributed by atoms with Crippen LogP contribution < -0.4 is 0 Å². The maximum absolute atomic E-state index is 3.83. The maximum atomic E-state index is 3.83. The molecule has 7 aromatic carbocycles. The molecule has 10 aromatic rings. The number of rotatable bonds is 6. The summed E-state index contributed by atoms with van der Waals surface area (Å²) in [6.07, 6.45) is 6.00. The fourth-order valence-electron chi connectivity index (χ4n) is 7.97. The van der Waals surface area contributed by atoms with Gasteiger partial charge in [0.05, 0.1) is 22.1 Å². The standard InChI is InChI=1S/C49H34N2S/c1-3-4-18-48-32(2)42-29-34(23-28-49(42)52-48)33-19-24-38(25-20-33)51-44-16-10-8-14-39(44)41-26-21-36(31-47(41)51)35-22-27-46-43(30-35)40-15-9-11-17-45(40)50(46)37-12-6-5-7-13-37/h3-31H,1H2,2H3/b18-4-. The summed E-state index contributed by atoms with van der Waals surface area (Å²) in [6, 6.07) is 57.9. The largest absolute Gasteiger partial charge is 0.309 e. The molecule has 52 heavy (non-hydrogen) atoms. The van der Waals surface area contributed by atoms with Gasteiger partial charge in [0.15, 0.2) is 0 Å². The second-order valence-electron chi connectivity index (χ2n) is 13.4. The van der Waals surface area contributed by atoms with Crippen LogP contribution in [0.25, 0.3) is 93.4 Å². The molecule has 0 fully saturated rings. The van der Waals surface area contributed by atoms with Gasteiger partial charge in [-0.3, -0.25) is 0 Å². The summed E-state index contributed by atoms with van der Waals surface area (Å²) in [5.74, 6) is 0. The molecule has 0 unspecified atom stereocenters. The van der Waals surface area contributed by atoms with Crippen LogP contribution in [-0.4, -0.2) is 9.13 Å². The molecule has 0 spiro atoms. The molecule has 0 aliphatic carbocycles. The van der Waals surface area contributed by atoms with Gasteiger partial charge in [-0.2, -0.15) is 0 Å². The molecule has 0 saturated carbocycles. The molecule has 0 atom stereocenters. The van der Waals surface area contributed by atoms with Gasteiger partial charge in [-0.1, -0.05) is 110 Å². The van der Waals surface area contributed by atoms with Gasteiger partial charge in [-0.15, -0.1) is 11.3 Å². The number of aryl methyl sites for hydroxylation is 1. The van der Waals surface area contributed by atoms with E-state index in [1.54, 1.807) is 0 Å². The zero-order valence-electron chi connectivity index (χ0n) is 28.8. The minimum atomic E-state index is 1.15. The highest BCUT2D eigenvalue weighted by atomic mass is 32.1. The molecule has 246 valence electrons. The van der Waals surface area contributed by atoms with Crippen molar-refractivity contribution in [2.45, 2.75) is 6.92 Å². The summed E-state index contributed by atoms with van der Waals surface area (Å²) in [6.45, 7) is 6.05. The number of allylic oxidation sites excluding steroid dienone is 2. The highest BCUT2D eigenvalue weighted by Gasteiger charge is 2.16. The predicted octanol–water partition coefficient (Wildman–Crippen LogP) is 13.9. The Morgan fingerprint density at radius 3 is 1.77 bits per heavy atom. The lowest BCUT2D eigenvalue weighted by Crippen LogP contribution is -1.94. The normalized spacial score (nSPS) is 11.9. The summed E-state index contributed by atoms with van der Waals surface area (Å²) in [7, 11) is 0. The Hall–Kier alpha value is -6.42. The van der Waals surface area contributed by atoms with Gasteiger partial charge < -0.3 is 9.13 Å². The topological polar surface area (TPSA) is 9.86 Å². The van der Waals surface area contributed by atoms with Gasteiger partial charge in [-0.05, 0) is 113 Å². The number of thiophene rings is 1. The number of para-hydroxylation sites is 3. The van der Waals surface area contributed by atoms with Gasteiger partial charge in [0.2, 0.25) is 0 Å². The lowest BCUT2D eigenvalue weighted by molar-refractivity contribution is 1.18. The molecule has 0 saturated heterocycles. The Labute approximate surface area is 306 Å². The first kappa shape index (κ1) is 30.4. The van der Waals surface area contributed by atoms with Crippen molar-refractivity contribution in [2.75, 3.05) is 0 Å². The van der Waals surface area contributed by atoms with Gasteiger partial charge >= 0.3 is 0 Å². The minimum absolute atomic E-state index is 1.15. The summed E-state index contributed by atoms with van der Waals surface area (Å²) in [5.41, 5.74) is 13.3. The Morgan fingerprint density at radius 1 is 0.462 bits per heavy atom. The third kappa shape index (κ3) is 4.78. The van der Waals surface area contributed by atoms with Gasteiger partial charge in [-0.25, -0.2) is 0 Å². The Morgan fingerprint density at radius 2 is 1.00 bits per heavy atom. The molecular formula is C49H34N2S. The van der Waals surface area contributed by atoms with Gasteiger partial charge in [0.25, 0.3) is 0 Å². The van der Waals surface area contributed by atoms with E-state index >= 15 is 0 Å². The number of nitrogens with zero attached hydrogens (tertiary/aromatic N) is 2. The highest BCUT2D eigenvalue weighted by Crippen LogP contribution is 2.39. The fraction of sp³-hybridized carbons (Fsp3) is 0.0204. The van der Waals surface area contributed by atoms with Crippen LogP contribution in [0.2, 0.25) is 0 Å². The van der Waals surface area contributed by atoms with Gasteiger partial charge in [0, 0.05) is 42.5 Å². The molecule has 0 aliphatic heterocycles. The first-order valence-electron chi connectivity index (χ1n) is 17.7. The predicted molar refractivity (Wildman–Crippen MR) is 225 cm³/mol. The van der Waals surface area contributed by atoms with Gasteiger partial charge in [0.1, 0.15) is 0 Å². The summed E-state index contributed by atoms with van der Waals surface area (Å²) in [5, 5.41) is 6.34. The Kier molecular flexibility index (Phi) is 7.09. The van der Waals surface area contributed by atoms with Crippen molar-refractivity contribution in [3.63, 3.8) is 0 Å². The van der Waals surface area contributed by atoms with Crippen molar-refractivity contribution < 1.29 is 0 Å². The molecule has 0 aliphatic rings. The number of benzene rings is 7. The third-order valence-electron chi connectivity index (χ3n) is 10.5. The first-order valence-corrected chi connectivity index (χ1v) is 18.5. The number of fused-ring (bicyclic) bond motifs is 7. The highest BCUT2D eigenvalue weighted by molar-refractivity contribution is 7.20. The van der Waals surface area contributed by atoms with E-state index in [9.17, 15) is 0 Å². The molecule has 0 radical (unpaired) electrons. The molecule has 3 heteroatoms. The number of aromatic nitrogens is 2. The maximum Gasteiger partial charge on any atom is 0.0547 e. The van der Waals surface area contributed by atoms with Crippen molar-refractivity contribution in [3.8, 4) is 33.6 Å². The Bertz CT molecular complexity index is 3020. The van der Waals surface area contributed by atoms with Crippen LogP contribution in [0.4, 0.5) is 0 Å². The molecule has 3 aromatic heterocycles. The van der Waals surface area contributed by atoms with Crippen molar-refractivity contribution in [1.29, 1.82) is 0 Å². The van der Waals surface area contributed by atoms with E-state index < -0.39 is 0 Å². The zero-order valence-corrected chi connectivity index (χ0v) is 29.6. The molecule has 0 N–H and O–H groups in total. The van der Waals surface area contributed by atoms with Crippen LogP contribution >= 0.6 is 11.3 Å². The quantitative estimate of drug-likeness (QED) is 0.155. The summed E-state index contributed by atoms with van der Waals surface area (Å²) in [4.78, 5) is 1.28. The summed E-state index contributed by atoms with van der Waals surface area (Å²) >= 11 is 1.83. The molecule has 0 bridgehead atoms. The van der Waals surface area contributed by atoms with E-state index in [4.69, 9.17) is 0 Å². The van der Waals surface area contributed by atoms with E-state index in [0.29, 0.717) is 0 Å². The van der Waals surface area contributed by atoms with Crippen molar-refractivity contribution in [1.82, 2.24) is 9.13 Å². The summed E-state index contributed by atoms with van der Waals surface area (Å²) < 4.78 is 6.10. The number of hydrogen-bond acceptors (Lipinski definition) is 1. The van der Waals surface area contributed by atoms with Crippen LogP contribution in [0.5, 0.6) is 0 Å². The fourth-order valence-corrected chi connectivity index (χ4v) is 9.08. The van der Waals surface area contributed by atoms with Crippen molar-refractivity contribution >= 4 is 71.1 Å². The molecule has 0 amide bonds. The van der Waals surface area contributed by atoms with E-state index in [2.05, 4.69) is 186 Å². The zero-order chi connectivity index (χ0) is 34.8. The lowest BCUT2D eigenvalue weighted by atomic mass is 10.0. The second-order valence-corrected chi connectivity index (χ2v) is 14.5. The molecule has 3 heterocycles. The van der Waals surface area contributed by atoms with E-state index in [1.165, 1.54) is 92.1 Å². The minimum Gasteiger partial charge on any atom is -0.309 e. The molecule has 2 nitrogen and oxygen atoms in total. The average molecular weight is 683 g/mol.